The van der Waals surface area contributed by atoms with E-state index in [1.54, 1.807) is 12.1 Å². The molecule has 6 nitrogen and oxygen atoms in total. The monoisotopic (exact) mass is 445 g/mol. The predicted molar refractivity (Wildman–Crippen MR) is 112 cm³/mol. The van der Waals surface area contributed by atoms with E-state index in [9.17, 15) is 23.1 Å². The van der Waals surface area contributed by atoms with Crippen molar-refractivity contribution in [1.29, 1.82) is 0 Å². The molecule has 1 aliphatic heterocycles. The first-order chi connectivity index (χ1) is 15.2. The molecule has 0 saturated carbocycles. The molecule has 0 aliphatic carbocycles. The van der Waals surface area contributed by atoms with Crippen molar-refractivity contribution in [2.45, 2.75) is 32.6 Å². The number of phenols is 1. The fourth-order valence-electron chi connectivity index (χ4n) is 3.77. The van der Waals surface area contributed by atoms with Crippen LogP contribution in [0.4, 0.5) is 13.2 Å². The van der Waals surface area contributed by atoms with Gasteiger partial charge < -0.3 is 14.8 Å². The molecule has 1 aliphatic rings. The molecule has 3 aromatic rings. The summed E-state index contributed by atoms with van der Waals surface area (Å²) in [4.78, 5) is 21.9. The van der Waals surface area contributed by atoms with Gasteiger partial charge in [-0.3, -0.25) is 9.69 Å². The van der Waals surface area contributed by atoms with Gasteiger partial charge in [0.2, 0.25) is 0 Å². The van der Waals surface area contributed by atoms with Crippen molar-refractivity contribution in [1.82, 2.24) is 14.9 Å². The number of rotatable bonds is 5. The van der Waals surface area contributed by atoms with Crippen LogP contribution in [-0.2, 0) is 25.7 Å². The van der Waals surface area contributed by atoms with Crippen LogP contribution >= 0.6 is 0 Å². The van der Waals surface area contributed by atoms with Crippen molar-refractivity contribution in [3.05, 3.63) is 75.2 Å². The fraction of sp³-hybridized carbons (Fsp3) is 0.304. The number of aromatic amines is 1. The number of aromatic nitrogens is 2. The summed E-state index contributed by atoms with van der Waals surface area (Å²) in [5.41, 5.74) is 1.54. The summed E-state index contributed by atoms with van der Waals surface area (Å²) in [6.07, 6.45) is -3.91. The zero-order valence-electron chi connectivity index (χ0n) is 17.4. The number of alkyl halides is 3. The van der Waals surface area contributed by atoms with Gasteiger partial charge in [0, 0.05) is 30.8 Å². The van der Waals surface area contributed by atoms with Crippen molar-refractivity contribution >= 4 is 0 Å². The zero-order valence-corrected chi connectivity index (χ0v) is 17.4. The first kappa shape index (κ1) is 21.9. The van der Waals surface area contributed by atoms with Crippen LogP contribution in [0.25, 0.3) is 11.4 Å². The van der Waals surface area contributed by atoms with Gasteiger partial charge in [0.05, 0.1) is 17.9 Å². The molecule has 2 N–H and O–H groups in total. The summed E-state index contributed by atoms with van der Waals surface area (Å²) < 4.78 is 43.9. The molecule has 4 rings (SSSR count). The van der Waals surface area contributed by atoms with Crippen molar-refractivity contribution in [3.8, 4) is 22.9 Å². The number of nitrogens with zero attached hydrogens (tertiary/aromatic N) is 2. The van der Waals surface area contributed by atoms with E-state index >= 15 is 0 Å². The van der Waals surface area contributed by atoms with Gasteiger partial charge in [0.15, 0.2) is 11.5 Å². The number of H-pyrrole nitrogens is 1. The standard InChI is InChI=1S/C23H22F3N3O3/c1-2-32-20-11-14(3-8-19(20)30)12-29-10-9-17-18(13-29)27-21(28-22(17)31)15-4-6-16(7-5-15)23(24,25)26/h3-8,11,30H,2,9-10,12-13H2,1H3,(H,27,28,31). The second kappa shape index (κ2) is 8.66. The Balaban J connectivity index is 1.56. The summed E-state index contributed by atoms with van der Waals surface area (Å²) in [7, 11) is 0. The minimum Gasteiger partial charge on any atom is -0.504 e. The van der Waals surface area contributed by atoms with Crippen molar-refractivity contribution in [2.75, 3.05) is 13.2 Å². The highest BCUT2D eigenvalue weighted by atomic mass is 19.4. The Hall–Kier alpha value is -3.33. The molecule has 1 aromatic heterocycles. The summed E-state index contributed by atoms with van der Waals surface area (Å²) in [6.45, 7) is 3.93. The number of ether oxygens (including phenoxy) is 1. The third-order valence-electron chi connectivity index (χ3n) is 5.37. The lowest BCUT2D eigenvalue weighted by molar-refractivity contribution is -0.137. The number of hydrogen-bond donors (Lipinski definition) is 2. The number of aromatic hydroxyl groups is 1. The third kappa shape index (κ3) is 4.62. The van der Waals surface area contributed by atoms with E-state index < -0.39 is 11.7 Å². The van der Waals surface area contributed by atoms with Gasteiger partial charge >= 0.3 is 6.18 Å². The zero-order chi connectivity index (χ0) is 22.9. The maximum Gasteiger partial charge on any atom is 0.416 e. The van der Waals surface area contributed by atoms with Crippen LogP contribution in [0.1, 0.15) is 29.3 Å². The molecule has 0 unspecified atom stereocenters. The maximum absolute atomic E-state index is 12.8. The Labute approximate surface area is 182 Å². The van der Waals surface area contributed by atoms with Crippen LogP contribution in [0, 0.1) is 0 Å². The van der Waals surface area contributed by atoms with Gasteiger partial charge in [-0.25, -0.2) is 4.98 Å². The summed E-state index contributed by atoms with van der Waals surface area (Å²) in [5, 5.41) is 9.88. The fourth-order valence-corrected chi connectivity index (χ4v) is 3.77. The van der Waals surface area contributed by atoms with Crippen LogP contribution in [-0.4, -0.2) is 33.1 Å². The van der Waals surface area contributed by atoms with E-state index in [-0.39, 0.29) is 17.1 Å². The molecule has 9 heteroatoms. The minimum atomic E-state index is -4.42. The van der Waals surface area contributed by atoms with E-state index in [4.69, 9.17) is 4.74 Å². The Kier molecular flexibility index (Phi) is 5.92. The average Bonchev–Trinajstić information content (AvgIpc) is 2.75. The summed E-state index contributed by atoms with van der Waals surface area (Å²) in [5.74, 6) is 0.739. The lowest BCUT2D eigenvalue weighted by Gasteiger charge is -2.28. The van der Waals surface area contributed by atoms with Gasteiger partial charge in [-0.2, -0.15) is 13.2 Å². The number of hydrogen-bond acceptors (Lipinski definition) is 5. The van der Waals surface area contributed by atoms with Gasteiger partial charge in [-0.15, -0.1) is 0 Å². The second-order valence-corrected chi connectivity index (χ2v) is 7.61. The van der Waals surface area contributed by atoms with Crippen LogP contribution in [0.15, 0.2) is 47.3 Å². The first-order valence-electron chi connectivity index (χ1n) is 10.2. The van der Waals surface area contributed by atoms with Gasteiger partial charge in [0.25, 0.3) is 5.56 Å². The van der Waals surface area contributed by atoms with Crippen LogP contribution in [0.5, 0.6) is 11.5 Å². The minimum absolute atomic E-state index is 0.0778. The van der Waals surface area contributed by atoms with Crippen LogP contribution in [0.2, 0.25) is 0 Å². The SMILES string of the molecule is CCOc1cc(CN2CCc3c(nc(-c4ccc(C(F)(F)F)cc4)[nH]c3=O)C2)ccc1O. The van der Waals surface area contributed by atoms with E-state index in [2.05, 4.69) is 14.9 Å². The van der Waals surface area contributed by atoms with Crippen molar-refractivity contribution in [3.63, 3.8) is 0 Å². The third-order valence-corrected chi connectivity index (χ3v) is 5.37. The largest absolute Gasteiger partial charge is 0.504 e. The van der Waals surface area contributed by atoms with E-state index in [1.807, 2.05) is 13.0 Å². The lowest BCUT2D eigenvalue weighted by Crippen LogP contribution is -2.35. The van der Waals surface area contributed by atoms with Gasteiger partial charge in [-0.05, 0) is 43.2 Å². The Morgan fingerprint density at radius 2 is 1.94 bits per heavy atom. The molecular formula is C23H22F3N3O3. The number of nitrogens with one attached hydrogen (secondary N) is 1. The molecule has 168 valence electrons. The summed E-state index contributed by atoms with van der Waals surface area (Å²) in [6, 6.07) is 9.74. The number of halogens is 3. The Morgan fingerprint density at radius 3 is 2.62 bits per heavy atom. The van der Waals surface area contributed by atoms with E-state index in [0.717, 1.165) is 17.7 Å². The molecular weight excluding hydrogens is 423 g/mol. The normalized spacial score (nSPS) is 14.2. The molecule has 0 amide bonds. The predicted octanol–water partition coefficient (Wildman–Crippen LogP) is 4.12. The van der Waals surface area contributed by atoms with Crippen molar-refractivity contribution < 1.29 is 23.0 Å². The molecule has 0 saturated heterocycles. The van der Waals surface area contributed by atoms with Crippen LogP contribution < -0.4 is 10.3 Å². The lowest BCUT2D eigenvalue weighted by atomic mass is 10.0. The van der Waals surface area contributed by atoms with Gasteiger partial charge in [-0.1, -0.05) is 18.2 Å². The highest BCUT2D eigenvalue weighted by Gasteiger charge is 2.30. The molecule has 0 radical (unpaired) electrons. The Morgan fingerprint density at radius 1 is 1.19 bits per heavy atom. The highest BCUT2D eigenvalue weighted by Crippen LogP contribution is 2.31. The second-order valence-electron chi connectivity index (χ2n) is 7.61. The van der Waals surface area contributed by atoms with Crippen molar-refractivity contribution in [2.24, 2.45) is 0 Å². The Bertz CT molecular complexity index is 1170. The molecule has 0 spiro atoms. The molecule has 0 bridgehead atoms. The average molecular weight is 445 g/mol. The molecule has 2 heterocycles. The molecule has 32 heavy (non-hydrogen) atoms. The topological polar surface area (TPSA) is 78.5 Å². The smallest absolute Gasteiger partial charge is 0.416 e. The first-order valence-corrected chi connectivity index (χ1v) is 10.2. The van der Waals surface area contributed by atoms with E-state index in [1.165, 1.54) is 12.1 Å². The number of fused-ring (bicyclic) bond motifs is 1. The number of benzene rings is 2. The summed E-state index contributed by atoms with van der Waals surface area (Å²) >= 11 is 0. The van der Waals surface area contributed by atoms with E-state index in [0.29, 0.717) is 55.2 Å². The molecule has 0 fully saturated rings. The quantitative estimate of drug-likeness (QED) is 0.618. The van der Waals surface area contributed by atoms with Gasteiger partial charge in [0.1, 0.15) is 5.82 Å². The highest BCUT2D eigenvalue weighted by molar-refractivity contribution is 5.56. The molecule has 0 atom stereocenters. The maximum atomic E-state index is 12.8. The molecule has 2 aromatic carbocycles. The van der Waals surface area contributed by atoms with Crippen LogP contribution in [0.3, 0.4) is 0 Å². The number of phenolic OH excluding ortho intramolecular Hbond substituents is 1.